The summed E-state index contributed by atoms with van der Waals surface area (Å²) in [7, 11) is 0. The lowest BCUT2D eigenvalue weighted by atomic mass is 10.0. The first-order valence-electron chi connectivity index (χ1n) is 5.72. The lowest BCUT2D eigenvalue weighted by Crippen LogP contribution is -2.25. The van der Waals surface area contributed by atoms with Gasteiger partial charge in [0.2, 0.25) is 0 Å². The summed E-state index contributed by atoms with van der Waals surface area (Å²) in [5.74, 6) is 1.02. The van der Waals surface area contributed by atoms with Crippen LogP contribution in [0.2, 0.25) is 0 Å². The largest absolute Gasteiger partial charge is 0.378 e. The van der Waals surface area contributed by atoms with Gasteiger partial charge in [-0.25, -0.2) is 0 Å². The fraction of sp³-hybridized carbons (Fsp3) is 1.00. The molecule has 13 heavy (non-hydrogen) atoms. The van der Waals surface area contributed by atoms with Crippen molar-refractivity contribution in [3.05, 3.63) is 0 Å². The van der Waals surface area contributed by atoms with Gasteiger partial charge in [0.15, 0.2) is 0 Å². The fourth-order valence-corrected chi connectivity index (χ4v) is 2.14. The van der Waals surface area contributed by atoms with Crippen LogP contribution in [0.4, 0.5) is 0 Å². The monoisotopic (exact) mass is 183 g/mol. The summed E-state index contributed by atoms with van der Waals surface area (Å²) in [4.78, 5) is 0. The summed E-state index contributed by atoms with van der Waals surface area (Å²) in [6, 6.07) is 0.392. The van der Waals surface area contributed by atoms with Gasteiger partial charge in [-0.05, 0) is 38.0 Å². The van der Waals surface area contributed by atoms with Gasteiger partial charge in [-0.1, -0.05) is 12.8 Å². The van der Waals surface area contributed by atoms with E-state index in [1.54, 1.807) is 0 Å². The molecule has 0 amide bonds. The molecule has 2 aliphatic rings. The van der Waals surface area contributed by atoms with Crippen molar-refractivity contribution in [2.45, 2.75) is 57.1 Å². The molecule has 2 atom stereocenters. The van der Waals surface area contributed by atoms with Crippen LogP contribution in [0.15, 0.2) is 0 Å². The second-order valence-electron chi connectivity index (χ2n) is 4.65. The quantitative estimate of drug-likeness (QED) is 0.708. The van der Waals surface area contributed by atoms with Crippen molar-refractivity contribution in [2.24, 2.45) is 11.7 Å². The van der Waals surface area contributed by atoms with Crippen molar-refractivity contribution in [1.82, 2.24) is 0 Å². The molecule has 0 bridgehead atoms. The highest BCUT2D eigenvalue weighted by Crippen LogP contribution is 2.34. The zero-order valence-corrected chi connectivity index (χ0v) is 8.37. The molecule has 0 radical (unpaired) electrons. The van der Waals surface area contributed by atoms with Crippen molar-refractivity contribution in [3.63, 3.8) is 0 Å². The number of rotatable bonds is 5. The molecule has 2 heteroatoms. The van der Waals surface area contributed by atoms with Gasteiger partial charge in [0.05, 0.1) is 6.10 Å². The maximum atomic E-state index is 6.05. The van der Waals surface area contributed by atoms with E-state index in [0.29, 0.717) is 12.1 Å². The number of nitrogens with two attached hydrogens (primary N) is 1. The molecule has 0 spiro atoms. The standard InChI is InChI=1S/C11H21NO/c12-10(6-5-9-3-4-9)8-11-2-1-7-13-11/h9-11H,1-8,12H2. The van der Waals surface area contributed by atoms with Crippen molar-refractivity contribution in [3.8, 4) is 0 Å². The molecule has 0 aromatic rings. The Morgan fingerprint density at radius 3 is 2.77 bits per heavy atom. The Bertz CT molecular complexity index is 150. The molecule has 1 aliphatic carbocycles. The van der Waals surface area contributed by atoms with Crippen LogP contribution in [-0.2, 0) is 4.74 Å². The van der Waals surface area contributed by atoms with Crippen LogP contribution in [0, 0.1) is 5.92 Å². The van der Waals surface area contributed by atoms with Crippen LogP contribution in [0.3, 0.4) is 0 Å². The molecular weight excluding hydrogens is 162 g/mol. The maximum Gasteiger partial charge on any atom is 0.0590 e. The van der Waals surface area contributed by atoms with Crippen molar-refractivity contribution in [1.29, 1.82) is 0 Å². The Morgan fingerprint density at radius 2 is 2.15 bits per heavy atom. The minimum Gasteiger partial charge on any atom is -0.378 e. The third-order valence-corrected chi connectivity index (χ3v) is 3.23. The fourth-order valence-electron chi connectivity index (χ4n) is 2.14. The molecule has 1 heterocycles. The van der Waals surface area contributed by atoms with E-state index in [-0.39, 0.29) is 0 Å². The van der Waals surface area contributed by atoms with E-state index in [0.717, 1.165) is 18.9 Å². The minimum atomic E-state index is 0.392. The first-order valence-corrected chi connectivity index (χ1v) is 5.72. The molecule has 2 unspecified atom stereocenters. The SMILES string of the molecule is NC(CCC1CC1)CC1CCCO1. The summed E-state index contributed by atoms with van der Waals surface area (Å²) < 4.78 is 5.57. The molecule has 76 valence electrons. The summed E-state index contributed by atoms with van der Waals surface area (Å²) in [6.45, 7) is 0.958. The molecule has 2 fully saturated rings. The second-order valence-corrected chi connectivity index (χ2v) is 4.65. The van der Waals surface area contributed by atoms with Crippen LogP contribution >= 0.6 is 0 Å². The van der Waals surface area contributed by atoms with Gasteiger partial charge in [0.1, 0.15) is 0 Å². The number of ether oxygens (including phenoxy) is 1. The Morgan fingerprint density at radius 1 is 1.31 bits per heavy atom. The smallest absolute Gasteiger partial charge is 0.0590 e. The summed E-state index contributed by atoms with van der Waals surface area (Å²) in [5, 5.41) is 0. The molecule has 2 rings (SSSR count). The van der Waals surface area contributed by atoms with E-state index in [1.165, 1.54) is 38.5 Å². The predicted octanol–water partition coefficient (Wildman–Crippen LogP) is 2.07. The summed E-state index contributed by atoms with van der Waals surface area (Å²) >= 11 is 0. The summed E-state index contributed by atoms with van der Waals surface area (Å²) in [5.41, 5.74) is 6.05. The van der Waals surface area contributed by atoms with Gasteiger partial charge < -0.3 is 10.5 Å². The third kappa shape index (κ3) is 3.28. The topological polar surface area (TPSA) is 35.2 Å². The highest BCUT2D eigenvalue weighted by Gasteiger charge is 2.23. The molecule has 1 saturated heterocycles. The first kappa shape index (κ1) is 9.47. The Kier molecular flexibility index (Phi) is 3.23. The zero-order valence-electron chi connectivity index (χ0n) is 8.37. The highest BCUT2D eigenvalue weighted by molar-refractivity contribution is 4.77. The molecular formula is C11H21NO. The lowest BCUT2D eigenvalue weighted by molar-refractivity contribution is 0.0972. The van der Waals surface area contributed by atoms with E-state index in [9.17, 15) is 0 Å². The molecule has 0 aromatic carbocycles. The Labute approximate surface area is 80.8 Å². The predicted molar refractivity (Wildman–Crippen MR) is 53.5 cm³/mol. The van der Waals surface area contributed by atoms with Crippen LogP contribution < -0.4 is 5.73 Å². The lowest BCUT2D eigenvalue weighted by Gasteiger charge is -2.15. The Hall–Kier alpha value is -0.0800. The van der Waals surface area contributed by atoms with E-state index < -0.39 is 0 Å². The number of hydrogen-bond acceptors (Lipinski definition) is 2. The summed E-state index contributed by atoms with van der Waals surface area (Å²) in [6.07, 6.45) is 9.51. The average molecular weight is 183 g/mol. The van der Waals surface area contributed by atoms with E-state index in [1.807, 2.05) is 0 Å². The average Bonchev–Trinajstić information content (AvgIpc) is 2.82. The first-order chi connectivity index (χ1) is 6.34. The van der Waals surface area contributed by atoms with Gasteiger partial charge in [-0.3, -0.25) is 0 Å². The van der Waals surface area contributed by atoms with Gasteiger partial charge in [0, 0.05) is 12.6 Å². The second kappa shape index (κ2) is 4.43. The van der Waals surface area contributed by atoms with Crippen LogP contribution in [0.25, 0.3) is 0 Å². The Balaban J connectivity index is 1.56. The van der Waals surface area contributed by atoms with E-state index in [2.05, 4.69) is 0 Å². The van der Waals surface area contributed by atoms with Crippen LogP contribution in [-0.4, -0.2) is 18.8 Å². The molecule has 2 nitrogen and oxygen atoms in total. The van der Waals surface area contributed by atoms with E-state index >= 15 is 0 Å². The van der Waals surface area contributed by atoms with Crippen LogP contribution in [0.1, 0.15) is 44.9 Å². The molecule has 1 aliphatic heterocycles. The van der Waals surface area contributed by atoms with Gasteiger partial charge in [-0.15, -0.1) is 0 Å². The number of hydrogen-bond donors (Lipinski definition) is 1. The van der Waals surface area contributed by atoms with Gasteiger partial charge in [-0.2, -0.15) is 0 Å². The van der Waals surface area contributed by atoms with Crippen molar-refractivity contribution >= 4 is 0 Å². The molecule has 1 saturated carbocycles. The van der Waals surface area contributed by atoms with Crippen molar-refractivity contribution < 1.29 is 4.74 Å². The van der Waals surface area contributed by atoms with E-state index in [4.69, 9.17) is 10.5 Å². The van der Waals surface area contributed by atoms with Crippen LogP contribution in [0.5, 0.6) is 0 Å². The molecule has 2 N–H and O–H groups in total. The third-order valence-electron chi connectivity index (χ3n) is 3.23. The zero-order chi connectivity index (χ0) is 9.10. The normalized spacial score (nSPS) is 30.7. The van der Waals surface area contributed by atoms with Gasteiger partial charge in [0.25, 0.3) is 0 Å². The maximum absolute atomic E-state index is 6.05. The molecule has 0 aromatic heterocycles. The highest BCUT2D eigenvalue weighted by atomic mass is 16.5. The van der Waals surface area contributed by atoms with Crippen molar-refractivity contribution in [2.75, 3.05) is 6.61 Å². The van der Waals surface area contributed by atoms with Gasteiger partial charge >= 0.3 is 0 Å². The minimum absolute atomic E-state index is 0.392.